The minimum absolute atomic E-state index is 0.00833. The molecule has 104 valence electrons. The second-order valence-electron chi connectivity index (χ2n) is 4.17. The number of benzene rings is 1. The van der Waals surface area contributed by atoms with Gasteiger partial charge >= 0.3 is 0 Å². The lowest BCUT2D eigenvalue weighted by atomic mass is 10.2. The van der Waals surface area contributed by atoms with E-state index in [0.717, 1.165) is 0 Å². The fourth-order valence-electron chi connectivity index (χ4n) is 1.74. The van der Waals surface area contributed by atoms with E-state index in [2.05, 4.69) is 15.6 Å². The third kappa shape index (κ3) is 3.68. The quantitative estimate of drug-likeness (QED) is 0.822. The van der Waals surface area contributed by atoms with Gasteiger partial charge in [0.1, 0.15) is 29.3 Å². The first kappa shape index (κ1) is 14.3. The van der Waals surface area contributed by atoms with Crippen molar-refractivity contribution in [2.75, 3.05) is 23.7 Å². The number of nitrogens with one attached hydrogen (secondary N) is 2. The van der Waals surface area contributed by atoms with Crippen LogP contribution >= 0.6 is 0 Å². The van der Waals surface area contributed by atoms with Crippen LogP contribution in [-0.4, -0.2) is 18.1 Å². The summed E-state index contributed by atoms with van der Waals surface area (Å²) in [6, 6.07) is 11.7. The van der Waals surface area contributed by atoms with Crippen LogP contribution in [0.1, 0.15) is 11.1 Å². The summed E-state index contributed by atoms with van der Waals surface area (Å²) in [5.74, 6) is 0.111. The van der Waals surface area contributed by atoms with Gasteiger partial charge in [0.25, 0.3) is 0 Å². The number of nitrogens with zero attached hydrogens (tertiary/aromatic N) is 3. The van der Waals surface area contributed by atoms with Gasteiger partial charge in [0.05, 0.1) is 11.3 Å². The van der Waals surface area contributed by atoms with Crippen LogP contribution in [0.25, 0.3) is 0 Å². The maximum atomic E-state index is 13.4. The summed E-state index contributed by atoms with van der Waals surface area (Å²) in [4.78, 5) is 4.07. The Morgan fingerprint density at radius 2 is 1.86 bits per heavy atom. The van der Waals surface area contributed by atoms with Crippen molar-refractivity contribution in [3.63, 3.8) is 0 Å². The molecule has 0 unspecified atom stereocenters. The van der Waals surface area contributed by atoms with Crippen molar-refractivity contribution in [1.82, 2.24) is 4.98 Å². The SMILES string of the molecule is N#Cc1ccc(NCCNc2cccc(F)c2C#N)nc1. The number of rotatable bonds is 5. The van der Waals surface area contributed by atoms with Crippen LogP contribution in [-0.2, 0) is 0 Å². The molecule has 0 saturated heterocycles. The lowest BCUT2D eigenvalue weighted by Crippen LogP contribution is -2.15. The fraction of sp³-hybridized carbons (Fsp3) is 0.133. The number of hydrogen-bond acceptors (Lipinski definition) is 5. The van der Waals surface area contributed by atoms with Gasteiger partial charge in [-0.25, -0.2) is 9.37 Å². The average molecular weight is 281 g/mol. The first-order chi connectivity index (χ1) is 10.2. The first-order valence-corrected chi connectivity index (χ1v) is 6.27. The molecule has 0 fully saturated rings. The van der Waals surface area contributed by atoms with Gasteiger partial charge in [0, 0.05) is 19.3 Å². The molecule has 2 N–H and O–H groups in total. The Morgan fingerprint density at radius 3 is 2.52 bits per heavy atom. The van der Waals surface area contributed by atoms with E-state index in [4.69, 9.17) is 10.5 Å². The predicted molar refractivity (Wildman–Crippen MR) is 77.0 cm³/mol. The summed E-state index contributed by atoms with van der Waals surface area (Å²) in [5.41, 5.74) is 0.971. The Morgan fingerprint density at radius 1 is 1.05 bits per heavy atom. The fourth-order valence-corrected chi connectivity index (χ4v) is 1.74. The number of nitriles is 2. The Hall–Kier alpha value is -3.12. The standard InChI is InChI=1S/C15H12FN5/c16-13-2-1-3-14(12(13)9-18)19-6-7-20-15-5-4-11(8-17)10-21-15/h1-5,10,19H,6-7H2,(H,20,21). The predicted octanol–water partition coefficient (Wildman–Crippen LogP) is 2.49. The van der Waals surface area contributed by atoms with Crippen molar-refractivity contribution in [2.24, 2.45) is 0 Å². The van der Waals surface area contributed by atoms with E-state index in [1.54, 1.807) is 24.3 Å². The maximum absolute atomic E-state index is 13.4. The minimum Gasteiger partial charge on any atom is -0.382 e. The molecule has 0 spiro atoms. The highest BCUT2D eigenvalue weighted by atomic mass is 19.1. The topological polar surface area (TPSA) is 84.5 Å². The van der Waals surface area contributed by atoms with E-state index < -0.39 is 5.82 Å². The monoisotopic (exact) mass is 281 g/mol. The minimum atomic E-state index is -0.538. The van der Waals surface area contributed by atoms with Crippen LogP contribution in [0, 0.1) is 28.5 Å². The average Bonchev–Trinajstić information content (AvgIpc) is 2.52. The molecule has 0 aliphatic carbocycles. The number of aromatic nitrogens is 1. The summed E-state index contributed by atoms with van der Waals surface area (Å²) in [6.07, 6.45) is 1.48. The van der Waals surface area contributed by atoms with Crippen molar-refractivity contribution in [3.8, 4) is 12.1 Å². The van der Waals surface area contributed by atoms with E-state index in [1.807, 2.05) is 12.1 Å². The Labute approximate surface area is 121 Å². The molecule has 1 aromatic carbocycles. The molecule has 0 aliphatic heterocycles. The van der Waals surface area contributed by atoms with Gasteiger partial charge in [-0.15, -0.1) is 0 Å². The number of pyridine rings is 1. The highest BCUT2D eigenvalue weighted by Crippen LogP contribution is 2.17. The molecular weight excluding hydrogens is 269 g/mol. The van der Waals surface area contributed by atoms with E-state index in [1.165, 1.54) is 12.3 Å². The Kier molecular flexibility index (Phi) is 4.68. The third-order valence-electron chi connectivity index (χ3n) is 2.76. The molecule has 0 amide bonds. The summed E-state index contributed by atoms with van der Waals surface area (Å²) in [6.45, 7) is 1.04. The molecule has 0 bridgehead atoms. The van der Waals surface area contributed by atoms with Gasteiger partial charge in [0.15, 0.2) is 0 Å². The normalized spacial score (nSPS) is 9.48. The van der Waals surface area contributed by atoms with Crippen LogP contribution < -0.4 is 10.6 Å². The van der Waals surface area contributed by atoms with Crippen LogP contribution in [0.3, 0.4) is 0 Å². The number of hydrogen-bond donors (Lipinski definition) is 2. The Bertz CT molecular complexity index is 697. The summed E-state index contributed by atoms with van der Waals surface area (Å²) < 4.78 is 13.4. The molecule has 2 aromatic rings. The molecule has 0 aliphatic rings. The summed E-state index contributed by atoms with van der Waals surface area (Å²) in [7, 11) is 0. The molecule has 0 saturated carbocycles. The van der Waals surface area contributed by atoms with E-state index in [9.17, 15) is 4.39 Å². The molecule has 1 aromatic heterocycles. The highest BCUT2D eigenvalue weighted by Gasteiger charge is 2.06. The zero-order valence-electron chi connectivity index (χ0n) is 11.1. The molecule has 1 heterocycles. The lowest BCUT2D eigenvalue weighted by molar-refractivity contribution is 0.624. The lowest BCUT2D eigenvalue weighted by Gasteiger charge is -2.09. The van der Waals surface area contributed by atoms with Gasteiger partial charge in [-0.2, -0.15) is 10.5 Å². The smallest absolute Gasteiger partial charge is 0.143 e. The molecule has 0 atom stereocenters. The van der Waals surface area contributed by atoms with Gasteiger partial charge in [-0.3, -0.25) is 0 Å². The molecule has 6 heteroatoms. The van der Waals surface area contributed by atoms with Gasteiger partial charge in [-0.1, -0.05) is 6.07 Å². The second kappa shape index (κ2) is 6.88. The van der Waals surface area contributed by atoms with E-state index in [0.29, 0.717) is 30.2 Å². The molecular formula is C15H12FN5. The maximum Gasteiger partial charge on any atom is 0.143 e. The van der Waals surface area contributed by atoms with E-state index in [-0.39, 0.29) is 5.56 Å². The molecule has 5 nitrogen and oxygen atoms in total. The van der Waals surface area contributed by atoms with Gasteiger partial charge in [-0.05, 0) is 24.3 Å². The summed E-state index contributed by atoms with van der Waals surface area (Å²) in [5, 5.41) is 23.6. The van der Waals surface area contributed by atoms with Crippen molar-refractivity contribution in [3.05, 3.63) is 53.5 Å². The zero-order valence-corrected chi connectivity index (χ0v) is 11.1. The van der Waals surface area contributed by atoms with Crippen molar-refractivity contribution < 1.29 is 4.39 Å². The first-order valence-electron chi connectivity index (χ1n) is 6.27. The number of anilines is 2. The molecule has 2 rings (SSSR count). The van der Waals surface area contributed by atoms with Crippen LogP contribution in [0.2, 0.25) is 0 Å². The van der Waals surface area contributed by atoms with Crippen molar-refractivity contribution >= 4 is 11.5 Å². The zero-order chi connectivity index (χ0) is 15.1. The molecule has 0 radical (unpaired) electrons. The van der Waals surface area contributed by atoms with Crippen LogP contribution in [0.5, 0.6) is 0 Å². The summed E-state index contributed by atoms with van der Waals surface area (Å²) >= 11 is 0. The van der Waals surface area contributed by atoms with Crippen molar-refractivity contribution in [1.29, 1.82) is 10.5 Å². The Balaban J connectivity index is 1.86. The van der Waals surface area contributed by atoms with E-state index >= 15 is 0 Å². The van der Waals surface area contributed by atoms with Gasteiger partial charge < -0.3 is 10.6 Å². The van der Waals surface area contributed by atoms with Crippen LogP contribution in [0.15, 0.2) is 36.5 Å². The largest absolute Gasteiger partial charge is 0.382 e. The highest BCUT2D eigenvalue weighted by molar-refractivity contribution is 5.58. The number of halogens is 1. The van der Waals surface area contributed by atoms with Crippen LogP contribution in [0.4, 0.5) is 15.9 Å². The molecule has 21 heavy (non-hydrogen) atoms. The third-order valence-corrected chi connectivity index (χ3v) is 2.76. The van der Waals surface area contributed by atoms with Gasteiger partial charge in [0.2, 0.25) is 0 Å². The van der Waals surface area contributed by atoms with Crippen molar-refractivity contribution in [2.45, 2.75) is 0 Å². The second-order valence-corrected chi connectivity index (χ2v) is 4.17.